The molecule has 0 aromatic heterocycles. The number of piperidine rings is 1. The molecule has 4 unspecified atom stereocenters. The molecular formula is C36H78N4O. The Morgan fingerprint density at radius 3 is 1.44 bits per heavy atom. The lowest BCUT2D eigenvalue weighted by atomic mass is 9.72. The number of morpholine rings is 1. The highest BCUT2D eigenvalue weighted by atomic mass is 16.5. The zero-order valence-electron chi connectivity index (χ0n) is 31.4. The summed E-state index contributed by atoms with van der Waals surface area (Å²) in [6, 6.07) is 1.36. The van der Waals surface area contributed by atoms with Crippen LogP contribution < -0.4 is 16.0 Å². The van der Waals surface area contributed by atoms with Gasteiger partial charge in [-0.25, -0.2) is 0 Å². The van der Waals surface area contributed by atoms with Crippen molar-refractivity contribution in [2.45, 2.75) is 161 Å². The zero-order valence-corrected chi connectivity index (χ0v) is 31.4. The molecule has 0 aromatic carbocycles. The summed E-state index contributed by atoms with van der Waals surface area (Å²) in [5.41, 5.74) is 1.82. The van der Waals surface area contributed by atoms with Crippen LogP contribution in [0.3, 0.4) is 0 Å². The Balaban J connectivity index is 0.000000560. The van der Waals surface area contributed by atoms with E-state index in [9.17, 15) is 0 Å². The van der Waals surface area contributed by atoms with Crippen LogP contribution in [0.1, 0.15) is 137 Å². The molecule has 0 bridgehead atoms. The second-order valence-corrected chi connectivity index (χ2v) is 18.8. The molecule has 5 heteroatoms. The Morgan fingerprint density at radius 1 is 0.634 bits per heavy atom. The number of nitrogens with zero attached hydrogens (tertiary/aromatic N) is 1. The first kappa shape index (κ1) is 40.8. The van der Waals surface area contributed by atoms with Gasteiger partial charge >= 0.3 is 0 Å². The average molecular weight is 583 g/mol. The molecule has 3 rings (SSSR count). The number of nitrogens with one attached hydrogen (secondary N) is 3. The van der Waals surface area contributed by atoms with Gasteiger partial charge in [-0.2, -0.15) is 0 Å². The summed E-state index contributed by atoms with van der Waals surface area (Å²) >= 11 is 0. The van der Waals surface area contributed by atoms with Gasteiger partial charge in [0.1, 0.15) is 0 Å². The second-order valence-electron chi connectivity index (χ2n) is 18.8. The highest BCUT2D eigenvalue weighted by Gasteiger charge is 2.35. The topological polar surface area (TPSA) is 48.6 Å². The van der Waals surface area contributed by atoms with Gasteiger partial charge < -0.3 is 15.4 Å². The Bertz CT molecular complexity index is 626. The molecule has 3 aliphatic heterocycles. The smallest absolute Gasteiger partial charge is 0.0750 e. The van der Waals surface area contributed by atoms with E-state index < -0.39 is 0 Å². The van der Waals surface area contributed by atoms with Crippen molar-refractivity contribution in [3.05, 3.63) is 0 Å². The first-order valence-corrected chi connectivity index (χ1v) is 16.8. The summed E-state index contributed by atoms with van der Waals surface area (Å²) in [7, 11) is 0. The maximum absolute atomic E-state index is 5.83. The summed E-state index contributed by atoms with van der Waals surface area (Å²) in [5.74, 6) is 1.68. The molecule has 0 amide bonds. The van der Waals surface area contributed by atoms with Crippen LogP contribution in [0.2, 0.25) is 0 Å². The minimum absolute atomic E-state index is 0.254. The number of ether oxygens (including phenoxy) is 1. The van der Waals surface area contributed by atoms with Gasteiger partial charge in [-0.1, -0.05) is 104 Å². The highest BCUT2D eigenvalue weighted by molar-refractivity contribution is 4.90. The largest absolute Gasteiger partial charge is 0.375 e. The van der Waals surface area contributed by atoms with Crippen LogP contribution >= 0.6 is 0 Å². The fraction of sp³-hybridized carbons (Fsp3) is 1.00. The van der Waals surface area contributed by atoms with Gasteiger partial charge in [-0.15, -0.1) is 0 Å². The van der Waals surface area contributed by atoms with Crippen LogP contribution in [-0.2, 0) is 4.74 Å². The molecular weight excluding hydrogens is 504 g/mol. The van der Waals surface area contributed by atoms with Gasteiger partial charge in [0.05, 0.1) is 12.7 Å². The van der Waals surface area contributed by atoms with Gasteiger partial charge in [0.15, 0.2) is 0 Å². The molecule has 0 saturated carbocycles. The fourth-order valence-corrected chi connectivity index (χ4v) is 5.21. The number of rotatable bonds is 0. The maximum Gasteiger partial charge on any atom is 0.0750 e. The van der Waals surface area contributed by atoms with Crippen molar-refractivity contribution in [3.63, 3.8) is 0 Å². The van der Waals surface area contributed by atoms with E-state index in [1.54, 1.807) is 0 Å². The van der Waals surface area contributed by atoms with Crippen LogP contribution in [0.5, 0.6) is 0 Å². The van der Waals surface area contributed by atoms with E-state index in [1.165, 1.54) is 19.4 Å². The van der Waals surface area contributed by atoms with Gasteiger partial charge in [0, 0.05) is 43.9 Å². The van der Waals surface area contributed by atoms with Crippen molar-refractivity contribution < 1.29 is 4.74 Å². The minimum Gasteiger partial charge on any atom is -0.375 e. The van der Waals surface area contributed by atoms with Crippen molar-refractivity contribution in [2.75, 3.05) is 39.5 Å². The third-order valence-corrected chi connectivity index (χ3v) is 8.53. The quantitative estimate of drug-likeness (QED) is 0.269. The lowest BCUT2D eigenvalue weighted by Gasteiger charge is -2.45. The van der Waals surface area contributed by atoms with E-state index >= 15 is 0 Å². The molecule has 248 valence electrons. The molecule has 0 aromatic rings. The van der Waals surface area contributed by atoms with Crippen molar-refractivity contribution in [2.24, 2.45) is 33.5 Å². The van der Waals surface area contributed by atoms with Gasteiger partial charge in [-0.3, -0.25) is 10.2 Å². The Labute approximate surface area is 259 Å². The monoisotopic (exact) mass is 583 g/mol. The molecule has 3 fully saturated rings. The van der Waals surface area contributed by atoms with E-state index in [0.29, 0.717) is 34.4 Å². The third kappa shape index (κ3) is 17.6. The van der Waals surface area contributed by atoms with E-state index in [1.807, 2.05) is 0 Å². The zero-order chi connectivity index (χ0) is 32.4. The van der Waals surface area contributed by atoms with Crippen molar-refractivity contribution >= 4 is 0 Å². The number of hydrogen-bond donors (Lipinski definition) is 3. The molecule has 41 heavy (non-hydrogen) atoms. The van der Waals surface area contributed by atoms with Gasteiger partial charge in [0.2, 0.25) is 0 Å². The lowest BCUT2D eigenvalue weighted by molar-refractivity contribution is -0.100. The van der Waals surface area contributed by atoms with Crippen LogP contribution in [0, 0.1) is 33.5 Å². The average Bonchev–Trinajstić information content (AvgIpc) is 3.33. The van der Waals surface area contributed by atoms with Crippen LogP contribution in [0.25, 0.3) is 0 Å². The lowest BCUT2D eigenvalue weighted by Crippen LogP contribution is -2.54. The van der Waals surface area contributed by atoms with E-state index in [2.05, 4.69) is 145 Å². The third-order valence-electron chi connectivity index (χ3n) is 8.53. The summed E-state index contributed by atoms with van der Waals surface area (Å²) in [6.45, 7) is 47.2. The molecule has 3 aliphatic rings. The molecule has 4 atom stereocenters. The normalized spacial score (nSPS) is 26.7. The fourth-order valence-electron chi connectivity index (χ4n) is 5.21. The van der Waals surface area contributed by atoms with Gasteiger partial charge in [-0.05, 0) is 73.7 Å². The van der Waals surface area contributed by atoms with Crippen molar-refractivity contribution in [1.82, 2.24) is 20.9 Å². The first-order valence-electron chi connectivity index (χ1n) is 16.8. The molecule has 0 spiro atoms. The van der Waals surface area contributed by atoms with Gasteiger partial charge in [0.25, 0.3) is 0 Å². The van der Waals surface area contributed by atoms with E-state index in [0.717, 1.165) is 44.7 Å². The Hall–Kier alpha value is -0.200. The molecule has 3 heterocycles. The molecule has 3 saturated heterocycles. The second kappa shape index (κ2) is 16.8. The van der Waals surface area contributed by atoms with Crippen molar-refractivity contribution in [3.8, 4) is 0 Å². The molecule has 3 N–H and O–H groups in total. The van der Waals surface area contributed by atoms with Crippen LogP contribution in [0.15, 0.2) is 0 Å². The predicted molar refractivity (Wildman–Crippen MR) is 184 cm³/mol. The maximum atomic E-state index is 5.83. The molecule has 5 nitrogen and oxygen atoms in total. The summed E-state index contributed by atoms with van der Waals surface area (Å²) < 4.78 is 5.83. The van der Waals surface area contributed by atoms with Crippen LogP contribution in [-0.4, -0.2) is 68.1 Å². The number of hydrogen-bond acceptors (Lipinski definition) is 5. The first-order chi connectivity index (χ1) is 18.3. The van der Waals surface area contributed by atoms with E-state index in [-0.39, 0.29) is 11.0 Å². The van der Waals surface area contributed by atoms with Crippen molar-refractivity contribution in [1.29, 1.82) is 0 Å². The summed E-state index contributed by atoms with van der Waals surface area (Å²) in [6.07, 6.45) is 3.10. The minimum atomic E-state index is 0.254. The Morgan fingerprint density at radius 2 is 1.15 bits per heavy atom. The summed E-state index contributed by atoms with van der Waals surface area (Å²) in [4.78, 5) is 2.52. The summed E-state index contributed by atoms with van der Waals surface area (Å²) in [5, 5.41) is 10.4. The SMILES string of the molecule is CC(C)(C)C1CCC(C(C)(C)C)NC1.CC(C)(C)C1CN(C(C)(C)C)CCO1.CC(C)(C)C1CNCN1.CC(C)C. The standard InChI is InChI=1S/C13H27N.C12H25NO.C7H16N2.C4H10/c1-12(2,3)10-7-8-11(14-9-10)13(4,5)6;1-11(2,3)10-9-13(7-8-14-10)12(4,5)6;1-7(2,3)6-4-8-5-9-6;1-4(2)3/h10-11,14H,7-9H2,1-6H3;10H,7-9H2,1-6H3;6,8-9H,4-5H2,1-3H3;4H,1-3H3. The molecule has 0 aliphatic carbocycles. The predicted octanol–water partition coefficient (Wildman–Crippen LogP) is 8.19. The highest BCUT2D eigenvalue weighted by Crippen LogP contribution is 2.35. The van der Waals surface area contributed by atoms with E-state index in [4.69, 9.17) is 4.74 Å². The van der Waals surface area contributed by atoms with Crippen LogP contribution in [0.4, 0.5) is 0 Å². The molecule has 0 radical (unpaired) electrons. The Kier molecular flexibility index (Phi) is 16.7.